The molecule has 148 valence electrons. The van der Waals surface area contributed by atoms with E-state index >= 15 is 0 Å². The van der Waals surface area contributed by atoms with Crippen LogP contribution >= 0.6 is 0 Å². The first kappa shape index (κ1) is 18.6. The molecule has 9 heteroatoms. The van der Waals surface area contributed by atoms with E-state index < -0.39 is 5.82 Å². The van der Waals surface area contributed by atoms with Gasteiger partial charge in [-0.25, -0.2) is 9.37 Å². The summed E-state index contributed by atoms with van der Waals surface area (Å²) in [5.41, 5.74) is 1.18. The molecular formula is C20H17FN4O4. The number of nitrogens with zero attached hydrogens (tertiary/aromatic N) is 4. The fourth-order valence-electron chi connectivity index (χ4n) is 3.00. The molecule has 0 bridgehead atoms. The third-order valence-corrected chi connectivity index (χ3v) is 4.61. The van der Waals surface area contributed by atoms with Gasteiger partial charge in [0.2, 0.25) is 0 Å². The second-order valence-electron chi connectivity index (χ2n) is 6.50. The van der Waals surface area contributed by atoms with Crippen molar-refractivity contribution in [2.24, 2.45) is 7.05 Å². The molecule has 1 amide bonds. The number of aryl methyl sites for hydroxylation is 1. The molecule has 0 atom stereocenters. The van der Waals surface area contributed by atoms with Gasteiger partial charge < -0.3 is 14.0 Å². The monoisotopic (exact) mass is 396 g/mol. The number of carbonyl (C=O) groups is 1. The van der Waals surface area contributed by atoms with E-state index in [1.807, 2.05) is 0 Å². The molecule has 0 fully saturated rings. The van der Waals surface area contributed by atoms with Crippen molar-refractivity contribution in [2.45, 2.75) is 13.2 Å². The molecule has 0 spiro atoms. The van der Waals surface area contributed by atoms with Crippen LogP contribution in [0, 0.1) is 5.82 Å². The summed E-state index contributed by atoms with van der Waals surface area (Å²) in [6.07, 6.45) is 4.16. The zero-order valence-electron chi connectivity index (χ0n) is 15.8. The summed E-state index contributed by atoms with van der Waals surface area (Å²) in [6, 6.07) is 6.13. The molecular weight excluding hydrogens is 379 g/mol. The minimum absolute atomic E-state index is 0.0319. The Morgan fingerprint density at radius 3 is 2.69 bits per heavy atom. The summed E-state index contributed by atoms with van der Waals surface area (Å²) in [4.78, 5) is 33.8. The van der Waals surface area contributed by atoms with Crippen molar-refractivity contribution in [2.75, 3.05) is 12.0 Å². The highest BCUT2D eigenvalue weighted by Crippen LogP contribution is 2.31. The topological polar surface area (TPSA) is 86.5 Å². The molecule has 3 heterocycles. The van der Waals surface area contributed by atoms with Crippen molar-refractivity contribution in [3.05, 3.63) is 75.8 Å². The van der Waals surface area contributed by atoms with Gasteiger partial charge in [-0.3, -0.25) is 19.5 Å². The number of rotatable bonds is 5. The summed E-state index contributed by atoms with van der Waals surface area (Å²) in [5, 5.41) is 0. The predicted molar refractivity (Wildman–Crippen MR) is 102 cm³/mol. The number of anilines is 1. The molecule has 3 aromatic rings. The van der Waals surface area contributed by atoms with Gasteiger partial charge in [-0.1, -0.05) is 0 Å². The van der Waals surface area contributed by atoms with Crippen LogP contribution in [0.25, 0.3) is 0 Å². The van der Waals surface area contributed by atoms with Gasteiger partial charge in [0.1, 0.15) is 12.4 Å². The number of hydrogen-bond acceptors (Lipinski definition) is 6. The van der Waals surface area contributed by atoms with Gasteiger partial charge in [0, 0.05) is 18.8 Å². The first-order chi connectivity index (χ1) is 14.0. The Kier molecular flexibility index (Phi) is 4.71. The van der Waals surface area contributed by atoms with Crippen LogP contribution in [0.1, 0.15) is 21.6 Å². The van der Waals surface area contributed by atoms with E-state index in [1.54, 1.807) is 32.5 Å². The largest absolute Gasteiger partial charge is 0.495 e. The van der Waals surface area contributed by atoms with E-state index in [4.69, 9.17) is 9.47 Å². The molecule has 4 rings (SSSR count). The lowest BCUT2D eigenvalue weighted by Gasteiger charge is -2.14. The van der Waals surface area contributed by atoms with Gasteiger partial charge in [0.25, 0.3) is 11.5 Å². The number of benzene rings is 1. The lowest BCUT2D eigenvalue weighted by Crippen LogP contribution is -2.27. The number of aromatic nitrogens is 3. The van der Waals surface area contributed by atoms with Crippen molar-refractivity contribution in [1.29, 1.82) is 0 Å². The number of halogens is 1. The Bertz CT molecular complexity index is 1140. The predicted octanol–water partition coefficient (Wildman–Crippen LogP) is 2.06. The van der Waals surface area contributed by atoms with E-state index in [2.05, 4.69) is 9.97 Å². The van der Waals surface area contributed by atoms with E-state index in [9.17, 15) is 14.0 Å². The van der Waals surface area contributed by atoms with Crippen molar-refractivity contribution >= 4 is 11.7 Å². The minimum atomic E-state index is -0.638. The van der Waals surface area contributed by atoms with E-state index in [0.717, 1.165) is 12.3 Å². The average molecular weight is 396 g/mol. The number of methoxy groups -OCH3 is 1. The lowest BCUT2D eigenvalue weighted by atomic mass is 10.1. The Morgan fingerprint density at radius 2 is 2.00 bits per heavy atom. The average Bonchev–Trinajstić information content (AvgIpc) is 3.04. The summed E-state index contributed by atoms with van der Waals surface area (Å²) >= 11 is 0. The van der Waals surface area contributed by atoms with Gasteiger partial charge in [0.05, 0.1) is 31.7 Å². The lowest BCUT2D eigenvalue weighted by molar-refractivity contribution is 0.0995. The van der Waals surface area contributed by atoms with Crippen molar-refractivity contribution in [1.82, 2.24) is 14.5 Å². The van der Waals surface area contributed by atoms with Crippen LogP contribution in [0.5, 0.6) is 11.5 Å². The highest BCUT2D eigenvalue weighted by atomic mass is 19.1. The van der Waals surface area contributed by atoms with Crippen LogP contribution in [-0.4, -0.2) is 27.6 Å². The SMILES string of the molecule is COc1ccc(COc2cc3c(cc2F)C(=O)N(c2cn(C)c(=O)cn2)C3)nc1. The summed E-state index contributed by atoms with van der Waals surface area (Å²) < 4.78 is 26.4. The third-order valence-electron chi connectivity index (χ3n) is 4.61. The molecule has 0 saturated heterocycles. The highest BCUT2D eigenvalue weighted by Gasteiger charge is 2.31. The molecule has 1 aliphatic rings. The van der Waals surface area contributed by atoms with Crippen molar-refractivity contribution < 1.29 is 18.7 Å². The number of amides is 1. The number of fused-ring (bicyclic) bond motifs is 1. The fourth-order valence-corrected chi connectivity index (χ4v) is 3.00. The summed E-state index contributed by atoms with van der Waals surface area (Å²) in [7, 11) is 3.11. The Hall–Kier alpha value is -3.75. The summed E-state index contributed by atoms with van der Waals surface area (Å²) in [6.45, 7) is 0.274. The maximum absolute atomic E-state index is 14.5. The zero-order chi connectivity index (χ0) is 20.5. The smallest absolute Gasteiger partial charge is 0.268 e. The van der Waals surface area contributed by atoms with Crippen molar-refractivity contribution in [3.63, 3.8) is 0 Å². The molecule has 29 heavy (non-hydrogen) atoms. The van der Waals surface area contributed by atoms with Crippen LogP contribution in [0.15, 0.2) is 47.7 Å². The first-order valence-electron chi connectivity index (χ1n) is 8.75. The van der Waals surface area contributed by atoms with Gasteiger partial charge >= 0.3 is 0 Å². The van der Waals surface area contributed by atoms with Crippen LogP contribution in [0.4, 0.5) is 10.2 Å². The van der Waals surface area contributed by atoms with Gasteiger partial charge in [-0.2, -0.15) is 0 Å². The number of carbonyl (C=O) groups excluding carboxylic acids is 1. The number of hydrogen-bond donors (Lipinski definition) is 0. The first-order valence-corrected chi connectivity index (χ1v) is 8.75. The second-order valence-corrected chi connectivity index (χ2v) is 6.50. The third kappa shape index (κ3) is 3.54. The van der Waals surface area contributed by atoms with Gasteiger partial charge in [-0.05, 0) is 29.8 Å². The van der Waals surface area contributed by atoms with E-state index in [1.165, 1.54) is 21.7 Å². The zero-order valence-corrected chi connectivity index (χ0v) is 15.8. The summed E-state index contributed by atoms with van der Waals surface area (Å²) in [5.74, 6) is -0.0552. The van der Waals surface area contributed by atoms with Crippen molar-refractivity contribution in [3.8, 4) is 11.5 Å². The Balaban J connectivity index is 1.55. The molecule has 0 N–H and O–H groups in total. The van der Waals surface area contributed by atoms with Crippen LogP contribution in [0.2, 0.25) is 0 Å². The minimum Gasteiger partial charge on any atom is -0.495 e. The standard InChI is InChI=1S/C20H17FN4O4/c1-24-10-18(23-8-19(24)26)25-9-12-5-17(16(21)6-15(12)20(25)27)29-11-13-3-4-14(28-2)7-22-13/h3-8,10H,9,11H2,1-2H3. The Morgan fingerprint density at radius 1 is 1.17 bits per heavy atom. The molecule has 1 aromatic carbocycles. The van der Waals surface area contributed by atoms with Crippen LogP contribution in [0.3, 0.4) is 0 Å². The maximum Gasteiger partial charge on any atom is 0.268 e. The van der Waals surface area contributed by atoms with Gasteiger partial charge in [-0.15, -0.1) is 0 Å². The molecule has 0 radical (unpaired) electrons. The molecule has 8 nitrogen and oxygen atoms in total. The molecule has 0 saturated carbocycles. The fraction of sp³-hybridized carbons (Fsp3) is 0.200. The maximum atomic E-state index is 14.5. The number of ether oxygens (including phenoxy) is 2. The molecule has 0 aliphatic carbocycles. The van der Waals surface area contributed by atoms with Crippen LogP contribution in [-0.2, 0) is 20.2 Å². The highest BCUT2D eigenvalue weighted by molar-refractivity contribution is 6.09. The number of pyridine rings is 1. The van der Waals surface area contributed by atoms with E-state index in [-0.39, 0.29) is 35.9 Å². The molecule has 2 aromatic heterocycles. The molecule has 1 aliphatic heterocycles. The van der Waals surface area contributed by atoms with E-state index in [0.29, 0.717) is 22.8 Å². The quantitative estimate of drug-likeness (QED) is 0.656. The molecule has 0 unspecified atom stereocenters. The van der Waals surface area contributed by atoms with Crippen LogP contribution < -0.4 is 19.9 Å². The normalized spacial score (nSPS) is 12.8. The second kappa shape index (κ2) is 7.34. The van der Waals surface area contributed by atoms with Gasteiger partial charge in [0.15, 0.2) is 17.4 Å². The Labute approximate surface area is 165 Å².